The average molecular weight is 553 g/mol. The van der Waals surface area contributed by atoms with E-state index >= 15 is 0 Å². The highest BCUT2D eigenvalue weighted by Crippen LogP contribution is 2.51. The quantitative estimate of drug-likeness (QED) is 0.196. The van der Waals surface area contributed by atoms with Crippen LogP contribution >= 0.6 is 0 Å². The number of aromatic nitrogens is 1. The molecular weight excluding hydrogens is 529 g/mol. The van der Waals surface area contributed by atoms with Crippen molar-refractivity contribution in [1.82, 2.24) is 4.98 Å². The van der Waals surface area contributed by atoms with Gasteiger partial charge in [-0.2, -0.15) is 0 Å². The molecule has 0 saturated carbocycles. The number of hydrogen-bond acceptors (Lipinski definition) is 4. The van der Waals surface area contributed by atoms with Gasteiger partial charge in [0.05, 0.1) is 0 Å². The lowest BCUT2D eigenvalue weighted by molar-refractivity contribution is 0.450. The van der Waals surface area contributed by atoms with Crippen molar-refractivity contribution in [2.45, 2.75) is 19.3 Å². The van der Waals surface area contributed by atoms with Crippen molar-refractivity contribution < 1.29 is 13.9 Å². The number of fused-ring (bicyclic) bond motifs is 10. The van der Waals surface area contributed by atoms with Crippen LogP contribution < -0.4 is 25.9 Å². The fourth-order valence-electron chi connectivity index (χ4n) is 7.63. The zero-order chi connectivity index (χ0) is 28.4. The van der Waals surface area contributed by atoms with Crippen LogP contribution in [0, 0.1) is 0 Å². The third-order valence-corrected chi connectivity index (χ3v) is 9.70. The Morgan fingerprint density at radius 2 is 1.47 bits per heavy atom. The first-order chi connectivity index (χ1) is 21.1. The highest BCUT2D eigenvalue weighted by Gasteiger charge is 2.41. The Bertz CT molecular complexity index is 2350. The Kier molecular flexibility index (Phi) is 4.31. The number of hydrogen-bond donors (Lipinski definition) is 0. The minimum Gasteiger partial charge on any atom is -0.458 e. The van der Waals surface area contributed by atoms with Gasteiger partial charge < -0.3 is 13.9 Å². The van der Waals surface area contributed by atoms with Crippen molar-refractivity contribution in [2.75, 3.05) is 0 Å². The second-order valence-corrected chi connectivity index (χ2v) is 12.3. The molecule has 0 saturated heterocycles. The molecule has 4 nitrogen and oxygen atoms in total. The molecule has 2 aromatic heterocycles. The van der Waals surface area contributed by atoms with E-state index in [1.807, 2.05) is 18.2 Å². The Labute approximate surface area is 248 Å². The Balaban J connectivity index is 1.15. The number of nitrogens with zero attached hydrogens (tertiary/aromatic N) is 1. The van der Waals surface area contributed by atoms with E-state index in [2.05, 4.69) is 104 Å². The normalized spacial score (nSPS) is 14.8. The van der Waals surface area contributed by atoms with E-state index in [0.717, 1.165) is 66.7 Å². The van der Waals surface area contributed by atoms with Crippen LogP contribution in [0.15, 0.2) is 114 Å². The molecule has 0 bridgehead atoms. The molecule has 5 heteroatoms. The number of para-hydroxylation sites is 2. The zero-order valence-electron chi connectivity index (χ0n) is 23.6. The molecule has 0 atom stereocenters. The Morgan fingerprint density at radius 1 is 0.628 bits per heavy atom. The topological polar surface area (TPSA) is 44.5 Å². The van der Waals surface area contributed by atoms with Crippen molar-refractivity contribution in [1.29, 1.82) is 0 Å². The molecule has 7 aromatic rings. The van der Waals surface area contributed by atoms with Crippen molar-refractivity contribution in [3.05, 3.63) is 120 Å². The van der Waals surface area contributed by atoms with E-state index in [1.54, 1.807) is 6.20 Å². The van der Waals surface area contributed by atoms with Crippen LogP contribution in [0.1, 0.15) is 25.0 Å². The summed E-state index contributed by atoms with van der Waals surface area (Å²) in [5, 5.41) is 2.26. The predicted octanol–water partition coefficient (Wildman–Crippen LogP) is 7.68. The molecule has 10 rings (SSSR count). The Hall–Kier alpha value is -5.29. The highest BCUT2D eigenvalue weighted by molar-refractivity contribution is 6.98. The lowest BCUT2D eigenvalue weighted by atomic mass is 9.35. The molecule has 3 aliphatic rings. The highest BCUT2D eigenvalue weighted by atomic mass is 16.5. The molecule has 0 fully saturated rings. The molecule has 1 aliphatic carbocycles. The molecular formula is C38H24BNO3. The summed E-state index contributed by atoms with van der Waals surface area (Å²) in [6.45, 7) is 4.60. The van der Waals surface area contributed by atoms with E-state index in [-0.39, 0.29) is 12.1 Å². The van der Waals surface area contributed by atoms with Crippen molar-refractivity contribution in [3.8, 4) is 45.4 Å². The molecule has 0 spiro atoms. The summed E-state index contributed by atoms with van der Waals surface area (Å²) >= 11 is 0. The summed E-state index contributed by atoms with van der Waals surface area (Å²) < 4.78 is 19.4. The van der Waals surface area contributed by atoms with E-state index in [1.165, 1.54) is 22.3 Å². The molecule has 0 amide bonds. The van der Waals surface area contributed by atoms with Gasteiger partial charge in [0.15, 0.2) is 0 Å². The number of rotatable bonds is 1. The molecule has 2 aliphatic heterocycles. The van der Waals surface area contributed by atoms with Gasteiger partial charge in [0.2, 0.25) is 5.88 Å². The monoisotopic (exact) mass is 553 g/mol. The average Bonchev–Trinajstić information content (AvgIpc) is 3.51. The largest absolute Gasteiger partial charge is 0.458 e. The second kappa shape index (κ2) is 7.96. The van der Waals surface area contributed by atoms with Gasteiger partial charge in [0.1, 0.15) is 28.4 Å². The standard InChI is InChI=1S/C38H24BNO3/c1-38(2)27-11-4-3-8-23(27)25-19-26-24-10-7-9-22(36(24)42-33(26)20-28(25)38)21-14-15-30-34(18-21)43-37-35-32(16-17-40-37)41-31-13-6-5-12-29(31)39(30)35/h3-20H,1-2H3. The van der Waals surface area contributed by atoms with Gasteiger partial charge in [-0.1, -0.05) is 86.6 Å². The molecule has 4 heterocycles. The maximum atomic E-state index is 6.70. The van der Waals surface area contributed by atoms with Gasteiger partial charge in [-0.25, -0.2) is 4.98 Å². The van der Waals surface area contributed by atoms with Gasteiger partial charge in [0.25, 0.3) is 6.71 Å². The van der Waals surface area contributed by atoms with E-state index in [0.29, 0.717) is 5.88 Å². The van der Waals surface area contributed by atoms with Crippen LogP contribution in [0.4, 0.5) is 0 Å². The third-order valence-electron chi connectivity index (χ3n) is 9.70. The number of benzene rings is 5. The lowest BCUT2D eigenvalue weighted by Gasteiger charge is -2.32. The van der Waals surface area contributed by atoms with Crippen LogP contribution in [-0.4, -0.2) is 11.7 Å². The maximum absolute atomic E-state index is 6.70. The van der Waals surface area contributed by atoms with Crippen molar-refractivity contribution >= 4 is 45.0 Å². The first-order valence-corrected chi connectivity index (χ1v) is 14.7. The number of furan rings is 1. The van der Waals surface area contributed by atoms with E-state index in [9.17, 15) is 0 Å². The molecule has 43 heavy (non-hydrogen) atoms. The molecule has 202 valence electrons. The first-order valence-electron chi connectivity index (χ1n) is 14.7. The maximum Gasteiger partial charge on any atom is 0.262 e. The molecule has 0 unspecified atom stereocenters. The van der Waals surface area contributed by atoms with Crippen LogP contribution in [-0.2, 0) is 5.41 Å². The number of pyridine rings is 1. The fourth-order valence-corrected chi connectivity index (χ4v) is 7.63. The second-order valence-electron chi connectivity index (χ2n) is 12.3. The van der Waals surface area contributed by atoms with Gasteiger partial charge >= 0.3 is 0 Å². The van der Waals surface area contributed by atoms with Crippen LogP contribution in [0.25, 0.3) is 44.2 Å². The molecule has 0 radical (unpaired) electrons. The lowest BCUT2D eigenvalue weighted by Crippen LogP contribution is -2.57. The van der Waals surface area contributed by atoms with Gasteiger partial charge in [-0.15, -0.1) is 0 Å². The Morgan fingerprint density at radius 3 is 2.42 bits per heavy atom. The van der Waals surface area contributed by atoms with Crippen LogP contribution in [0.3, 0.4) is 0 Å². The van der Waals surface area contributed by atoms with E-state index < -0.39 is 0 Å². The summed E-state index contributed by atoms with van der Waals surface area (Å²) in [5.41, 5.74) is 12.3. The zero-order valence-corrected chi connectivity index (χ0v) is 23.6. The van der Waals surface area contributed by atoms with Gasteiger partial charge in [0, 0.05) is 33.4 Å². The van der Waals surface area contributed by atoms with E-state index in [4.69, 9.17) is 13.9 Å². The summed E-state index contributed by atoms with van der Waals surface area (Å²) in [7, 11) is 0. The van der Waals surface area contributed by atoms with Crippen molar-refractivity contribution in [3.63, 3.8) is 0 Å². The number of ether oxygens (including phenoxy) is 2. The fraction of sp³-hybridized carbons (Fsp3) is 0.0789. The summed E-state index contributed by atoms with van der Waals surface area (Å²) in [5.74, 6) is 3.08. The minimum absolute atomic E-state index is 0.00272. The smallest absolute Gasteiger partial charge is 0.262 e. The van der Waals surface area contributed by atoms with Crippen LogP contribution in [0.2, 0.25) is 0 Å². The first kappa shape index (κ1) is 23.3. The SMILES string of the molecule is CC1(C)c2ccccc2-c2cc3c(cc21)oc1c(-c2ccc4c(c2)Oc2nccc5c2B4c2ccccc2O5)cccc13. The summed E-state index contributed by atoms with van der Waals surface area (Å²) in [4.78, 5) is 4.60. The van der Waals surface area contributed by atoms with Gasteiger partial charge in [-0.05, 0) is 69.1 Å². The summed E-state index contributed by atoms with van der Waals surface area (Å²) in [6, 6.07) is 36.4. The minimum atomic E-state index is -0.0786. The van der Waals surface area contributed by atoms with Crippen molar-refractivity contribution in [2.24, 2.45) is 0 Å². The third kappa shape index (κ3) is 2.99. The summed E-state index contributed by atoms with van der Waals surface area (Å²) in [6.07, 6.45) is 1.75. The van der Waals surface area contributed by atoms with Crippen LogP contribution in [0.5, 0.6) is 23.1 Å². The molecule has 0 N–H and O–H groups in total. The predicted molar refractivity (Wildman–Crippen MR) is 172 cm³/mol. The molecule has 5 aromatic carbocycles. The van der Waals surface area contributed by atoms with Gasteiger partial charge in [-0.3, -0.25) is 0 Å².